The van der Waals surface area contributed by atoms with Crippen LogP contribution >= 0.6 is 0 Å². The van der Waals surface area contributed by atoms with E-state index in [0.29, 0.717) is 26.2 Å². The Labute approximate surface area is 122 Å². The standard InChI is InChI=1S/C13H31N3O4/c1-14(2-4-15(6-10-17)7-11-18)3-5-16(8-12-19)9-13-20/h17-20H,2-13H2,1H3. The Morgan fingerprint density at radius 1 is 0.500 bits per heavy atom. The number of hydrogen-bond acceptors (Lipinski definition) is 7. The molecule has 0 aromatic rings. The molecule has 0 saturated heterocycles. The van der Waals surface area contributed by atoms with Crippen molar-refractivity contribution >= 4 is 0 Å². The first-order valence-electron chi connectivity index (χ1n) is 7.24. The summed E-state index contributed by atoms with van der Waals surface area (Å²) < 4.78 is 0. The number of aliphatic hydroxyl groups is 4. The van der Waals surface area contributed by atoms with Crippen molar-refractivity contribution in [3.8, 4) is 0 Å². The van der Waals surface area contributed by atoms with E-state index in [9.17, 15) is 0 Å². The van der Waals surface area contributed by atoms with Gasteiger partial charge in [0.15, 0.2) is 0 Å². The molecule has 122 valence electrons. The predicted molar refractivity (Wildman–Crippen MR) is 78.7 cm³/mol. The number of hydrogen-bond donors (Lipinski definition) is 4. The average molecular weight is 293 g/mol. The second-order valence-electron chi connectivity index (χ2n) is 4.88. The lowest BCUT2D eigenvalue weighted by atomic mass is 10.4. The van der Waals surface area contributed by atoms with Crippen molar-refractivity contribution in [2.24, 2.45) is 0 Å². The zero-order chi connectivity index (χ0) is 15.2. The molecule has 0 aliphatic heterocycles. The van der Waals surface area contributed by atoms with Crippen molar-refractivity contribution < 1.29 is 20.4 Å². The average Bonchev–Trinajstić information content (AvgIpc) is 2.43. The largest absolute Gasteiger partial charge is 0.395 e. The van der Waals surface area contributed by atoms with E-state index in [2.05, 4.69) is 4.90 Å². The van der Waals surface area contributed by atoms with E-state index in [1.54, 1.807) is 0 Å². The summed E-state index contributed by atoms with van der Waals surface area (Å²) in [7, 11) is 2.02. The molecule has 0 amide bonds. The molecule has 7 heteroatoms. The molecule has 4 N–H and O–H groups in total. The van der Waals surface area contributed by atoms with Gasteiger partial charge in [-0.15, -0.1) is 0 Å². The lowest BCUT2D eigenvalue weighted by molar-refractivity contribution is 0.132. The molecule has 0 fully saturated rings. The van der Waals surface area contributed by atoms with Gasteiger partial charge in [0.1, 0.15) is 0 Å². The Bertz CT molecular complexity index is 178. The lowest BCUT2D eigenvalue weighted by Crippen LogP contribution is -2.40. The Morgan fingerprint density at radius 3 is 1.05 bits per heavy atom. The fourth-order valence-corrected chi connectivity index (χ4v) is 1.97. The third-order valence-electron chi connectivity index (χ3n) is 3.26. The quantitative estimate of drug-likeness (QED) is 0.281. The normalized spacial score (nSPS) is 12.0. The van der Waals surface area contributed by atoms with Gasteiger partial charge in [-0.25, -0.2) is 0 Å². The highest BCUT2D eigenvalue weighted by Crippen LogP contribution is 1.93. The van der Waals surface area contributed by atoms with E-state index < -0.39 is 0 Å². The third-order valence-corrected chi connectivity index (χ3v) is 3.26. The summed E-state index contributed by atoms with van der Waals surface area (Å²) in [5, 5.41) is 35.7. The highest BCUT2D eigenvalue weighted by Gasteiger charge is 2.08. The molecule has 20 heavy (non-hydrogen) atoms. The summed E-state index contributed by atoms with van der Waals surface area (Å²) in [5.41, 5.74) is 0. The topological polar surface area (TPSA) is 90.6 Å². The van der Waals surface area contributed by atoms with Gasteiger partial charge in [-0.3, -0.25) is 9.80 Å². The van der Waals surface area contributed by atoms with Crippen LogP contribution in [0.25, 0.3) is 0 Å². The summed E-state index contributed by atoms with van der Waals surface area (Å²) in [6, 6.07) is 0. The fourth-order valence-electron chi connectivity index (χ4n) is 1.97. The second-order valence-corrected chi connectivity index (χ2v) is 4.88. The van der Waals surface area contributed by atoms with Gasteiger partial charge < -0.3 is 25.3 Å². The summed E-state index contributed by atoms with van der Waals surface area (Å²) in [6.07, 6.45) is 0. The SMILES string of the molecule is CN(CCN(CCO)CCO)CCN(CCO)CCO. The molecule has 0 aliphatic rings. The van der Waals surface area contributed by atoms with Crippen LogP contribution in [0.15, 0.2) is 0 Å². The molecule has 0 saturated carbocycles. The molecule has 0 spiro atoms. The first-order chi connectivity index (χ1) is 9.67. The van der Waals surface area contributed by atoms with Crippen LogP contribution in [0.3, 0.4) is 0 Å². The van der Waals surface area contributed by atoms with Crippen molar-refractivity contribution in [3.05, 3.63) is 0 Å². The molecule has 0 heterocycles. The molecule has 0 unspecified atom stereocenters. The molecule has 0 radical (unpaired) electrons. The van der Waals surface area contributed by atoms with E-state index in [1.807, 2.05) is 16.8 Å². The maximum Gasteiger partial charge on any atom is 0.0558 e. The van der Waals surface area contributed by atoms with Gasteiger partial charge in [-0.2, -0.15) is 0 Å². The van der Waals surface area contributed by atoms with Crippen LogP contribution in [0.1, 0.15) is 0 Å². The number of aliphatic hydroxyl groups excluding tert-OH is 4. The van der Waals surface area contributed by atoms with Crippen molar-refractivity contribution in [2.75, 3.05) is 85.8 Å². The van der Waals surface area contributed by atoms with Gasteiger partial charge in [0.25, 0.3) is 0 Å². The number of rotatable bonds is 14. The zero-order valence-electron chi connectivity index (χ0n) is 12.6. The van der Waals surface area contributed by atoms with Crippen LogP contribution in [-0.2, 0) is 0 Å². The Kier molecular flexibility index (Phi) is 13.5. The van der Waals surface area contributed by atoms with E-state index in [-0.39, 0.29) is 26.4 Å². The van der Waals surface area contributed by atoms with Crippen LogP contribution in [0.2, 0.25) is 0 Å². The van der Waals surface area contributed by atoms with E-state index >= 15 is 0 Å². The minimum atomic E-state index is 0.102. The second kappa shape index (κ2) is 13.7. The van der Waals surface area contributed by atoms with Crippen LogP contribution in [-0.4, -0.2) is 121 Å². The van der Waals surface area contributed by atoms with E-state index in [0.717, 1.165) is 26.2 Å². The van der Waals surface area contributed by atoms with Crippen LogP contribution < -0.4 is 0 Å². The molecule has 0 bridgehead atoms. The molecule has 0 atom stereocenters. The smallest absolute Gasteiger partial charge is 0.0558 e. The molecule has 0 rings (SSSR count). The summed E-state index contributed by atoms with van der Waals surface area (Å²) >= 11 is 0. The molecular weight excluding hydrogens is 262 g/mol. The maximum absolute atomic E-state index is 8.93. The minimum absolute atomic E-state index is 0.102. The van der Waals surface area contributed by atoms with Gasteiger partial charge in [-0.1, -0.05) is 0 Å². The molecule has 0 aromatic heterocycles. The third kappa shape index (κ3) is 10.5. The first-order valence-corrected chi connectivity index (χ1v) is 7.24. The molecular formula is C13H31N3O4. The summed E-state index contributed by atoms with van der Waals surface area (Å²) in [5.74, 6) is 0. The van der Waals surface area contributed by atoms with Crippen LogP contribution in [0.5, 0.6) is 0 Å². The van der Waals surface area contributed by atoms with Gasteiger partial charge in [0.05, 0.1) is 26.4 Å². The first kappa shape index (κ1) is 19.7. The fraction of sp³-hybridized carbons (Fsp3) is 1.00. The van der Waals surface area contributed by atoms with Gasteiger partial charge in [-0.05, 0) is 7.05 Å². The minimum Gasteiger partial charge on any atom is -0.395 e. The van der Waals surface area contributed by atoms with E-state index in [4.69, 9.17) is 20.4 Å². The Morgan fingerprint density at radius 2 is 0.800 bits per heavy atom. The van der Waals surface area contributed by atoms with Gasteiger partial charge >= 0.3 is 0 Å². The van der Waals surface area contributed by atoms with Crippen molar-refractivity contribution in [1.82, 2.24) is 14.7 Å². The molecule has 0 aromatic carbocycles. The predicted octanol–water partition coefficient (Wildman–Crippen LogP) is -2.51. The summed E-state index contributed by atoms with van der Waals surface area (Å²) in [6.45, 7) is 6.04. The molecule has 0 aliphatic carbocycles. The highest BCUT2D eigenvalue weighted by molar-refractivity contribution is 4.63. The van der Waals surface area contributed by atoms with Gasteiger partial charge in [0, 0.05) is 52.4 Å². The van der Waals surface area contributed by atoms with Crippen LogP contribution in [0.4, 0.5) is 0 Å². The van der Waals surface area contributed by atoms with Crippen molar-refractivity contribution in [3.63, 3.8) is 0 Å². The maximum atomic E-state index is 8.93. The Balaban J connectivity index is 3.86. The van der Waals surface area contributed by atoms with Crippen molar-refractivity contribution in [2.45, 2.75) is 0 Å². The Hall–Kier alpha value is -0.280. The lowest BCUT2D eigenvalue weighted by Gasteiger charge is -2.26. The highest BCUT2D eigenvalue weighted by atomic mass is 16.3. The van der Waals surface area contributed by atoms with E-state index in [1.165, 1.54) is 0 Å². The number of likely N-dealkylation sites (N-methyl/N-ethyl adjacent to an activating group) is 1. The van der Waals surface area contributed by atoms with Crippen molar-refractivity contribution in [1.29, 1.82) is 0 Å². The summed E-state index contributed by atoms with van der Waals surface area (Å²) in [4.78, 5) is 6.22. The monoisotopic (exact) mass is 293 g/mol. The number of nitrogens with zero attached hydrogens (tertiary/aromatic N) is 3. The molecule has 7 nitrogen and oxygen atoms in total. The van der Waals surface area contributed by atoms with Gasteiger partial charge in [0.2, 0.25) is 0 Å². The van der Waals surface area contributed by atoms with Crippen LogP contribution in [0, 0.1) is 0 Å². The zero-order valence-corrected chi connectivity index (χ0v) is 12.6.